The van der Waals surface area contributed by atoms with Crippen LogP contribution in [0.15, 0.2) is 55.0 Å². The molecule has 3 heteroatoms. The first kappa shape index (κ1) is 12.5. The first-order chi connectivity index (χ1) is 9.75. The molecule has 3 rings (SSSR count). The molecule has 0 atom stereocenters. The third kappa shape index (κ3) is 2.30. The van der Waals surface area contributed by atoms with E-state index in [-0.39, 0.29) is 5.78 Å². The number of hydrogen-bond donors (Lipinski definition) is 0. The molecule has 20 heavy (non-hydrogen) atoms. The van der Waals surface area contributed by atoms with Crippen molar-refractivity contribution < 1.29 is 4.79 Å². The lowest BCUT2D eigenvalue weighted by Gasteiger charge is -2.07. The summed E-state index contributed by atoms with van der Waals surface area (Å²) in [5.74, 6) is 0.112. The van der Waals surface area contributed by atoms with Crippen LogP contribution in [0.5, 0.6) is 0 Å². The molecule has 3 aromatic rings. The van der Waals surface area contributed by atoms with Gasteiger partial charge in [0.1, 0.15) is 0 Å². The summed E-state index contributed by atoms with van der Waals surface area (Å²) in [5, 5.41) is 1.04. The monoisotopic (exact) mass is 262 g/mol. The number of carbonyl (C=O) groups is 1. The second-order valence-electron chi connectivity index (χ2n) is 4.78. The average Bonchev–Trinajstić information content (AvgIpc) is 2.48. The lowest BCUT2D eigenvalue weighted by molar-refractivity contribution is 0.0992. The summed E-state index contributed by atoms with van der Waals surface area (Å²) in [5.41, 5.74) is 3.58. The highest BCUT2D eigenvalue weighted by atomic mass is 16.1. The molecule has 2 aromatic heterocycles. The van der Waals surface area contributed by atoms with Gasteiger partial charge in [-0.25, -0.2) is 0 Å². The molecule has 0 bridgehead atoms. The number of rotatable bonds is 3. The van der Waals surface area contributed by atoms with Crippen LogP contribution >= 0.6 is 0 Å². The standard InChI is InChI=1S/C17H14N2O/c1-12-11-18-8-7-14(12)17(20)10-13-6-9-19-16-5-3-2-4-15(13)16/h2-9,11H,10H2,1H3. The fourth-order valence-corrected chi connectivity index (χ4v) is 2.36. The zero-order chi connectivity index (χ0) is 13.9. The van der Waals surface area contributed by atoms with E-state index < -0.39 is 0 Å². The zero-order valence-corrected chi connectivity index (χ0v) is 11.2. The summed E-state index contributed by atoms with van der Waals surface area (Å²) < 4.78 is 0. The van der Waals surface area contributed by atoms with Crippen molar-refractivity contribution in [2.45, 2.75) is 13.3 Å². The summed E-state index contributed by atoms with van der Waals surface area (Å²) in [7, 11) is 0. The van der Waals surface area contributed by atoms with Gasteiger partial charge in [-0.2, -0.15) is 0 Å². The topological polar surface area (TPSA) is 42.9 Å². The van der Waals surface area contributed by atoms with Crippen LogP contribution in [-0.4, -0.2) is 15.8 Å². The second-order valence-corrected chi connectivity index (χ2v) is 4.78. The fraction of sp³-hybridized carbons (Fsp3) is 0.118. The molecular formula is C17H14N2O. The Bertz CT molecular complexity index is 775. The van der Waals surface area contributed by atoms with E-state index in [4.69, 9.17) is 0 Å². The maximum atomic E-state index is 12.4. The summed E-state index contributed by atoms with van der Waals surface area (Å²) in [6.45, 7) is 1.91. The predicted octanol–water partition coefficient (Wildman–Crippen LogP) is 3.36. The Balaban J connectivity index is 1.98. The Labute approximate surface area is 117 Å². The molecule has 0 unspecified atom stereocenters. The smallest absolute Gasteiger partial charge is 0.167 e. The van der Waals surface area contributed by atoms with Crippen molar-refractivity contribution in [1.29, 1.82) is 0 Å². The van der Waals surface area contributed by atoms with Gasteiger partial charge in [0.05, 0.1) is 5.52 Å². The maximum absolute atomic E-state index is 12.4. The maximum Gasteiger partial charge on any atom is 0.167 e. The van der Waals surface area contributed by atoms with Crippen molar-refractivity contribution in [3.8, 4) is 0 Å². The van der Waals surface area contributed by atoms with Crippen LogP contribution in [0.4, 0.5) is 0 Å². The normalized spacial score (nSPS) is 10.7. The zero-order valence-electron chi connectivity index (χ0n) is 11.2. The van der Waals surface area contributed by atoms with E-state index in [1.807, 2.05) is 37.3 Å². The molecule has 0 saturated carbocycles. The van der Waals surface area contributed by atoms with Gasteiger partial charge < -0.3 is 0 Å². The first-order valence-corrected chi connectivity index (χ1v) is 6.52. The highest BCUT2D eigenvalue weighted by Gasteiger charge is 2.11. The van der Waals surface area contributed by atoms with E-state index in [2.05, 4.69) is 9.97 Å². The van der Waals surface area contributed by atoms with Crippen LogP contribution in [0.25, 0.3) is 10.9 Å². The van der Waals surface area contributed by atoms with Gasteiger partial charge in [-0.3, -0.25) is 14.8 Å². The summed E-state index contributed by atoms with van der Waals surface area (Å²) in [6.07, 6.45) is 5.51. The van der Waals surface area contributed by atoms with Crippen LogP contribution in [-0.2, 0) is 6.42 Å². The number of pyridine rings is 2. The highest BCUT2D eigenvalue weighted by molar-refractivity contribution is 6.00. The summed E-state index contributed by atoms with van der Waals surface area (Å²) in [4.78, 5) is 20.8. The van der Waals surface area contributed by atoms with Crippen LogP contribution in [0.1, 0.15) is 21.5 Å². The van der Waals surface area contributed by atoms with Gasteiger partial charge in [0.15, 0.2) is 5.78 Å². The number of carbonyl (C=O) groups excluding carboxylic acids is 1. The number of ketones is 1. The molecular weight excluding hydrogens is 248 g/mol. The van der Waals surface area contributed by atoms with Crippen molar-refractivity contribution in [2.24, 2.45) is 0 Å². The van der Waals surface area contributed by atoms with Crippen molar-refractivity contribution in [3.63, 3.8) is 0 Å². The van der Waals surface area contributed by atoms with Crippen molar-refractivity contribution in [3.05, 3.63) is 71.7 Å². The van der Waals surface area contributed by atoms with E-state index in [1.165, 1.54) is 0 Å². The van der Waals surface area contributed by atoms with E-state index in [0.717, 1.165) is 27.6 Å². The summed E-state index contributed by atoms with van der Waals surface area (Å²) >= 11 is 0. The lowest BCUT2D eigenvalue weighted by Crippen LogP contribution is -2.06. The largest absolute Gasteiger partial charge is 0.294 e. The van der Waals surface area contributed by atoms with E-state index >= 15 is 0 Å². The number of para-hydroxylation sites is 1. The quantitative estimate of drug-likeness (QED) is 0.680. The van der Waals surface area contributed by atoms with Crippen molar-refractivity contribution in [1.82, 2.24) is 9.97 Å². The van der Waals surface area contributed by atoms with Crippen LogP contribution in [0.3, 0.4) is 0 Å². The molecule has 0 fully saturated rings. The van der Waals surface area contributed by atoms with Gasteiger partial charge in [-0.15, -0.1) is 0 Å². The molecule has 0 radical (unpaired) electrons. The minimum Gasteiger partial charge on any atom is -0.294 e. The fourth-order valence-electron chi connectivity index (χ4n) is 2.36. The van der Waals surface area contributed by atoms with Crippen LogP contribution in [0, 0.1) is 6.92 Å². The number of Topliss-reactive ketones (excluding diaryl/α,β-unsaturated/α-hetero) is 1. The predicted molar refractivity (Wildman–Crippen MR) is 78.8 cm³/mol. The molecule has 2 heterocycles. The number of nitrogens with zero attached hydrogens (tertiary/aromatic N) is 2. The Morgan fingerprint density at radius 3 is 2.80 bits per heavy atom. The molecule has 0 amide bonds. The number of aromatic nitrogens is 2. The van der Waals surface area contributed by atoms with E-state index in [1.54, 1.807) is 24.7 Å². The Kier molecular flexibility index (Phi) is 3.25. The van der Waals surface area contributed by atoms with Gasteiger partial charge >= 0.3 is 0 Å². The minimum absolute atomic E-state index is 0.112. The molecule has 0 aliphatic rings. The number of hydrogen-bond acceptors (Lipinski definition) is 3. The molecule has 0 spiro atoms. The molecule has 98 valence electrons. The molecule has 3 nitrogen and oxygen atoms in total. The Morgan fingerprint density at radius 1 is 1.10 bits per heavy atom. The summed E-state index contributed by atoms with van der Waals surface area (Å²) in [6, 6.07) is 11.6. The highest BCUT2D eigenvalue weighted by Crippen LogP contribution is 2.18. The average molecular weight is 262 g/mol. The van der Waals surface area contributed by atoms with Crippen LogP contribution < -0.4 is 0 Å². The lowest BCUT2D eigenvalue weighted by atomic mass is 9.98. The van der Waals surface area contributed by atoms with Crippen LogP contribution in [0.2, 0.25) is 0 Å². The Morgan fingerprint density at radius 2 is 1.95 bits per heavy atom. The molecule has 0 N–H and O–H groups in total. The molecule has 0 aliphatic heterocycles. The molecule has 1 aromatic carbocycles. The molecule has 0 saturated heterocycles. The van der Waals surface area contributed by atoms with Gasteiger partial charge in [0, 0.05) is 36.0 Å². The second kappa shape index (κ2) is 5.21. The third-order valence-corrected chi connectivity index (χ3v) is 3.41. The number of aryl methyl sites for hydroxylation is 1. The van der Waals surface area contributed by atoms with Crippen molar-refractivity contribution >= 4 is 16.7 Å². The van der Waals surface area contributed by atoms with Crippen molar-refractivity contribution in [2.75, 3.05) is 0 Å². The number of benzene rings is 1. The first-order valence-electron chi connectivity index (χ1n) is 6.52. The number of fused-ring (bicyclic) bond motifs is 1. The van der Waals surface area contributed by atoms with Gasteiger partial charge in [-0.1, -0.05) is 18.2 Å². The van der Waals surface area contributed by atoms with Gasteiger partial charge in [0.25, 0.3) is 0 Å². The Hall–Kier alpha value is -2.55. The van der Waals surface area contributed by atoms with E-state index in [0.29, 0.717) is 6.42 Å². The van der Waals surface area contributed by atoms with Gasteiger partial charge in [0.2, 0.25) is 0 Å². The van der Waals surface area contributed by atoms with E-state index in [9.17, 15) is 4.79 Å². The third-order valence-electron chi connectivity index (χ3n) is 3.41. The molecule has 0 aliphatic carbocycles. The van der Waals surface area contributed by atoms with Gasteiger partial charge in [-0.05, 0) is 36.2 Å². The SMILES string of the molecule is Cc1cnccc1C(=O)Cc1ccnc2ccccc12. The minimum atomic E-state index is 0.112.